The molecule has 0 amide bonds. The molecule has 0 bridgehead atoms. The smallest absolute Gasteiger partial charge is 0.0540 e. The molecule has 0 unspecified atom stereocenters. The van der Waals surface area contributed by atoms with Crippen molar-refractivity contribution in [2.24, 2.45) is 0 Å². The van der Waals surface area contributed by atoms with Crippen LogP contribution in [0, 0.1) is 6.92 Å². The summed E-state index contributed by atoms with van der Waals surface area (Å²) in [4.78, 5) is 2.32. The van der Waals surface area contributed by atoms with Crippen LogP contribution in [0.25, 0.3) is 10.8 Å². The fraction of sp³-hybridized carbons (Fsp3) is 0.290. The van der Waals surface area contributed by atoms with Crippen molar-refractivity contribution in [2.45, 2.75) is 62.3 Å². The molecular weight excluding hydrogens is 386 g/mol. The van der Waals surface area contributed by atoms with Crippen LogP contribution in [-0.2, 0) is 0 Å². The van der Waals surface area contributed by atoms with Gasteiger partial charge in [0.2, 0.25) is 0 Å². The van der Waals surface area contributed by atoms with Crippen LogP contribution in [0.5, 0.6) is 0 Å². The highest BCUT2D eigenvalue weighted by molar-refractivity contribution is 6.00. The molecule has 0 saturated carbocycles. The fourth-order valence-electron chi connectivity index (χ4n) is 3.21. The van der Waals surface area contributed by atoms with Crippen LogP contribution in [-0.4, -0.2) is 0 Å². The average Bonchev–Trinajstić information content (AvgIpc) is 2.92. The monoisotopic (exact) mass is 429 g/mol. The molecule has 4 aromatic rings. The van der Waals surface area contributed by atoms with E-state index in [9.17, 15) is 0 Å². The number of hydrogen-bond acceptors (Lipinski definition) is 1. The molecule has 0 saturated heterocycles. The molecule has 0 aliphatic carbocycles. The van der Waals surface area contributed by atoms with Crippen molar-refractivity contribution in [1.82, 2.24) is 0 Å². The minimum Gasteiger partial charge on any atom is -0.310 e. The molecular formula is C31H43N. The third kappa shape index (κ3) is 7.57. The van der Waals surface area contributed by atoms with E-state index in [1.54, 1.807) is 0 Å². The first-order valence-corrected chi connectivity index (χ1v) is 12.2. The Morgan fingerprint density at radius 1 is 0.406 bits per heavy atom. The van der Waals surface area contributed by atoms with Crippen molar-refractivity contribution in [3.63, 3.8) is 0 Å². The van der Waals surface area contributed by atoms with Gasteiger partial charge in [-0.2, -0.15) is 0 Å². The first-order valence-electron chi connectivity index (χ1n) is 12.2. The van der Waals surface area contributed by atoms with Crippen LogP contribution in [0.1, 0.15) is 61.0 Å². The van der Waals surface area contributed by atoms with Gasteiger partial charge in [-0.15, -0.1) is 0 Å². The van der Waals surface area contributed by atoms with Gasteiger partial charge in [0, 0.05) is 16.8 Å². The molecule has 0 spiro atoms. The summed E-state index contributed by atoms with van der Waals surface area (Å²) in [6.45, 7) is 18.2. The van der Waals surface area contributed by atoms with E-state index in [1.807, 2.05) is 55.4 Å². The number of anilines is 3. The molecule has 4 rings (SSSR count). The van der Waals surface area contributed by atoms with Crippen LogP contribution in [0.2, 0.25) is 0 Å². The summed E-state index contributed by atoms with van der Waals surface area (Å²) in [5, 5.41) is 2.57. The van der Waals surface area contributed by atoms with Gasteiger partial charge in [-0.1, -0.05) is 122 Å². The van der Waals surface area contributed by atoms with Gasteiger partial charge in [0.05, 0.1) is 5.69 Å². The zero-order valence-electron chi connectivity index (χ0n) is 21.7. The average molecular weight is 430 g/mol. The predicted molar refractivity (Wildman–Crippen MR) is 149 cm³/mol. The van der Waals surface area contributed by atoms with Gasteiger partial charge in [0.15, 0.2) is 0 Å². The Morgan fingerprint density at radius 3 is 1.22 bits per heavy atom. The maximum absolute atomic E-state index is 2.32. The number of nitrogens with zero attached hydrogens (tertiary/aromatic N) is 1. The van der Waals surface area contributed by atoms with Gasteiger partial charge in [0.1, 0.15) is 0 Å². The summed E-state index contributed by atoms with van der Waals surface area (Å²) in [6.07, 6.45) is 0. The highest BCUT2D eigenvalue weighted by atomic mass is 15.1. The molecule has 0 heterocycles. The van der Waals surface area contributed by atoms with E-state index in [0.29, 0.717) is 0 Å². The largest absolute Gasteiger partial charge is 0.310 e. The fourth-order valence-corrected chi connectivity index (χ4v) is 3.21. The lowest BCUT2D eigenvalue weighted by Crippen LogP contribution is -2.10. The second-order valence-electron chi connectivity index (χ2n) is 5.95. The summed E-state index contributed by atoms with van der Waals surface area (Å²) in [5.74, 6) is 0. The van der Waals surface area contributed by atoms with Crippen LogP contribution in [0.4, 0.5) is 17.1 Å². The van der Waals surface area contributed by atoms with Crippen molar-refractivity contribution in [3.8, 4) is 0 Å². The molecule has 172 valence electrons. The minimum absolute atomic E-state index is 1.16. The van der Waals surface area contributed by atoms with Crippen LogP contribution in [0.15, 0.2) is 97.1 Å². The highest BCUT2D eigenvalue weighted by Gasteiger charge is 2.14. The lowest BCUT2D eigenvalue weighted by atomic mass is 10.0. The number of hydrogen-bond donors (Lipinski definition) is 0. The van der Waals surface area contributed by atoms with Gasteiger partial charge in [0.25, 0.3) is 0 Å². The predicted octanol–water partition coefficient (Wildman–Crippen LogP) is 10.7. The number of benzene rings is 4. The molecule has 0 atom stereocenters. The zero-order chi connectivity index (χ0) is 24.4. The van der Waals surface area contributed by atoms with E-state index in [4.69, 9.17) is 0 Å². The van der Waals surface area contributed by atoms with E-state index in [2.05, 4.69) is 109 Å². The van der Waals surface area contributed by atoms with E-state index in [-0.39, 0.29) is 0 Å². The number of para-hydroxylation sites is 2. The standard InChI is InChI=1S/C23H19N.4C2H6/c1-18-16-17-23(22-15-9-8-14-21(18)22)24(19-10-4-2-5-11-19)20-12-6-3-7-13-20;4*1-2/h2-17H,1H3;4*1-2H3. The SMILES string of the molecule is CC.CC.CC.CC.Cc1ccc(N(c2ccccc2)c2ccccc2)c2ccccc12. The summed E-state index contributed by atoms with van der Waals surface area (Å²) < 4.78 is 0. The minimum atomic E-state index is 1.16. The topological polar surface area (TPSA) is 3.24 Å². The molecule has 0 fully saturated rings. The summed E-state index contributed by atoms with van der Waals surface area (Å²) in [7, 11) is 0. The van der Waals surface area contributed by atoms with E-state index < -0.39 is 0 Å². The lowest BCUT2D eigenvalue weighted by molar-refractivity contribution is 1.29. The van der Waals surface area contributed by atoms with E-state index >= 15 is 0 Å². The quantitative estimate of drug-likeness (QED) is 0.313. The molecule has 0 radical (unpaired) electrons. The molecule has 0 aliphatic rings. The van der Waals surface area contributed by atoms with Gasteiger partial charge in [-0.05, 0) is 48.2 Å². The molecule has 0 aromatic heterocycles. The maximum Gasteiger partial charge on any atom is 0.0540 e. The Labute approximate surface area is 197 Å². The van der Waals surface area contributed by atoms with Crippen molar-refractivity contribution in [2.75, 3.05) is 4.90 Å². The molecule has 0 N–H and O–H groups in total. The highest BCUT2D eigenvalue weighted by Crippen LogP contribution is 2.39. The van der Waals surface area contributed by atoms with Crippen LogP contribution >= 0.6 is 0 Å². The van der Waals surface area contributed by atoms with Crippen molar-refractivity contribution in [3.05, 3.63) is 103 Å². The lowest BCUT2D eigenvalue weighted by Gasteiger charge is -2.27. The molecule has 1 heteroatoms. The van der Waals surface area contributed by atoms with E-state index in [1.165, 1.54) is 22.0 Å². The molecule has 0 aliphatic heterocycles. The molecule has 1 nitrogen and oxygen atoms in total. The number of aryl methyl sites for hydroxylation is 1. The van der Waals surface area contributed by atoms with Crippen LogP contribution < -0.4 is 4.90 Å². The van der Waals surface area contributed by atoms with Crippen molar-refractivity contribution >= 4 is 27.8 Å². The Kier molecular flexibility index (Phi) is 15.9. The number of rotatable bonds is 3. The molecule has 32 heavy (non-hydrogen) atoms. The summed E-state index contributed by atoms with van der Waals surface area (Å²) in [6, 6.07) is 34.1. The third-order valence-corrected chi connectivity index (χ3v) is 4.39. The zero-order valence-corrected chi connectivity index (χ0v) is 21.7. The van der Waals surface area contributed by atoms with Gasteiger partial charge >= 0.3 is 0 Å². The van der Waals surface area contributed by atoms with Crippen molar-refractivity contribution < 1.29 is 0 Å². The summed E-state index contributed by atoms with van der Waals surface area (Å²) >= 11 is 0. The van der Waals surface area contributed by atoms with Gasteiger partial charge < -0.3 is 4.90 Å². The van der Waals surface area contributed by atoms with Crippen LogP contribution in [0.3, 0.4) is 0 Å². The van der Waals surface area contributed by atoms with E-state index in [0.717, 1.165) is 11.4 Å². The Balaban J connectivity index is 0.00000109. The second-order valence-corrected chi connectivity index (χ2v) is 5.95. The molecule has 4 aromatic carbocycles. The maximum atomic E-state index is 2.32. The van der Waals surface area contributed by atoms with Gasteiger partial charge in [-0.25, -0.2) is 0 Å². The van der Waals surface area contributed by atoms with Gasteiger partial charge in [-0.3, -0.25) is 0 Å². The Bertz CT molecular complexity index is 920. The first kappa shape index (κ1) is 28.9. The normalized spacial score (nSPS) is 8.78. The third-order valence-electron chi connectivity index (χ3n) is 4.39. The van der Waals surface area contributed by atoms with Crippen molar-refractivity contribution in [1.29, 1.82) is 0 Å². The second kappa shape index (κ2) is 17.6. The number of fused-ring (bicyclic) bond motifs is 1. The Hall–Kier alpha value is -3.06. The Morgan fingerprint density at radius 2 is 0.781 bits per heavy atom. The first-order chi connectivity index (χ1) is 15.8. The summed E-state index contributed by atoms with van der Waals surface area (Å²) in [5.41, 5.74) is 4.83.